The number of aromatic nitrogens is 3. The molecule has 11 heteroatoms. The summed E-state index contributed by atoms with van der Waals surface area (Å²) < 4.78 is 34.5. The summed E-state index contributed by atoms with van der Waals surface area (Å²) in [7, 11) is -2.32. The molecule has 0 unspecified atom stereocenters. The normalized spacial score (nSPS) is 26.7. The van der Waals surface area contributed by atoms with Crippen LogP contribution >= 0.6 is 0 Å². The van der Waals surface area contributed by atoms with Crippen LogP contribution in [0.3, 0.4) is 0 Å². The van der Waals surface area contributed by atoms with Crippen molar-refractivity contribution in [2.24, 2.45) is 17.0 Å². The summed E-state index contributed by atoms with van der Waals surface area (Å²) >= 11 is 0. The Morgan fingerprint density at radius 3 is 2.79 bits per heavy atom. The Bertz CT molecular complexity index is 1280. The van der Waals surface area contributed by atoms with Gasteiger partial charge in [0, 0.05) is 31.2 Å². The van der Waals surface area contributed by atoms with Crippen LogP contribution in [0.2, 0.25) is 0 Å². The molecule has 0 amide bonds. The van der Waals surface area contributed by atoms with Gasteiger partial charge in [-0.25, -0.2) is 15.1 Å². The standard InChI is InChI=1S/C23H29N5O5S/c1-32-11-16-8-14-4-2-3-5-18(14)21(16)27-22-19-6-7-28(23(19)26-13-25-22)17-9-15(20(29)10-17)12-33-34(24,30)31/h2-7,13,15-17,20-21,29H,8-12H2,1H3,(H2,24,30,31)(H,25,26,27)/t15-,16+,17+,20-,21+/m0/s1. The van der Waals surface area contributed by atoms with E-state index in [4.69, 9.17) is 14.1 Å². The van der Waals surface area contributed by atoms with E-state index in [1.165, 1.54) is 11.1 Å². The van der Waals surface area contributed by atoms with Crippen molar-refractivity contribution in [3.63, 3.8) is 0 Å². The number of anilines is 1. The number of ether oxygens (including phenoxy) is 1. The number of benzene rings is 1. The van der Waals surface area contributed by atoms with Gasteiger partial charge < -0.3 is 19.7 Å². The average Bonchev–Trinajstić information content (AvgIpc) is 3.48. The first-order valence-electron chi connectivity index (χ1n) is 11.3. The Hall–Kier alpha value is -2.57. The minimum atomic E-state index is -4.04. The molecule has 0 bridgehead atoms. The highest BCUT2D eigenvalue weighted by molar-refractivity contribution is 7.84. The molecule has 2 aliphatic rings. The molecule has 0 aliphatic heterocycles. The predicted octanol–water partition coefficient (Wildman–Crippen LogP) is 1.94. The molecule has 1 saturated carbocycles. The molecule has 182 valence electrons. The van der Waals surface area contributed by atoms with Gasteiger partial charge in [-0.2, -0.15) is 8.42 Å². The number of aliphatic hydroxyl groups excluding tert-OH is 1. The predicted molar refractivity (Wildman–Crippen MR) is 126 cm³/mol. The van der Waals surface area contributed by atoms with E-state index in [0.717, 1.165) is 23.3 Å². The van der Waals surface area contributed by atoms with Crippen LogP contribution in [0.25, 0.3) is 11.0 Å². The molecule has 0 radical (unpaired) electrons. The minimum absolute atomic E-state index is 0.0437. The van der Waals surface area contributed by atoms with Gasteiger partial charge in [0.25, 0.3) is 0 Å². The maximum Gasteiger partial charge on any atom is 0.333 e. The Balaban J connectivity index is 1.39. The first kappa shape index (κ1) is 23.2. The van der Waals surface area contributed by atoms with Crippen molar-refractivity contribution in [3.8, 4) is 0 Å². The summed E-state index contributed by atoms with van der Waals surface area (Å²) in [5.74, 6) is 0.711. The topological polar surface area (TPSA) is 142 Å². The van der Waals surface area contributed by atoms with Gasteiger partial charge in [-0.05, 0) is 36.5 Å². The zero-order valence-electron chi connectivity index (χ0n) is 18.9. The lowest BCUT2D eigenvalue weighted by Crippen LogP contribution is -2.24. The van der Waals surface area contributed by atoms with Crippen molar-refractivity contribution in [2.45, 2.75) is 37.5 Å². The maximum absolute atomic E-state index is 11.1. The van der Waals surface area contributed by atoms with Crippen LogP contribution in [0.4, 0.5) is 5.82 Å². The summed E-state index contributed by atoms with van der Waals surface area (Å²) in [6, 6.07) is 10.4. The number of nitrogens with two attached hydrogens (primary N) is 1. The summed E-state index contributed by atoms with van der Waals surface area (Å²) in [5.41, 5.74) is 3.34. The molecule has 0 saturated heterocycles. The molecule has 1 fully saturated rings. The molecule has 3 aromatic rings. The van der Waals surface area contributed by atoms with E-state index < -0.39 is 16.4 Å². The first-order chi connectivity index (χ1) is 16.3. The molecule has 10 nitrogen and oxygen atoms in total. The molecule has 1 aromatic carbocycles. The Labute approximate surface area is 198 Å². The zero-order valence-corrected chi connectivity index (χ0v) is 19.7. The lowest BCUT2D eigenvalue weighted by Gasteiger charge is -2.22. The second kappa shape index (κ2) is 9.23. The molecule has 5 rings (SSSR count). The van der Waals surface area contributed by atoms with Crippen LogP contribution in [0, 0.1) is 11.8 Å². The SMILES string of the molecule is COC[C@H]1Cc2ccccc2[C@@H]1Nc1ncnc2c1ccn2[C@@H]1C[C@@H](COS(N)(=O)=O)[C@@H](O)C1. The van der Waals surface area contributed by atoms with E-state index >= 15 is 0 Å². The molecule has 0 spiro atoms. The summed E-state index contributed by atoms with van der Waals surface area (Å²) in [4.78, 5) is 9.05. The van der Waals surface area contributed by atoms with Crippen molar-refractivity contribution < 1.29 is 22.4 Å². The third kappa shape index (κ3) is 4.53. The molecule has 5 atom stereocenters. The number of methoxy groups -OCH3 is 1. The van der Waals surface area contributed by atoms with Crippen molar-refractivity contribution in [3.05, 3.63) is 54.0 Å². The van der Waals surface area contributed by atoms with E-state index in [9.17, 15) is 13.5 Å². The molecule has 2 aliphatic carbocycles. The van der Waals surface area contributed by atoms with Crippen molar-refractivity contribution in [2.75, 3.05) is 25.6 Å². The van der Waals surface area contributed by atoms with Gasteiger partial charge in [0.05, 0.1) is 30.7 Å². The van der Waals surface area contributed by atoms with E-state index in [1.807, 2.05) is 16.8 Å². The monoisotopic (exact) mass is 487 g/mol. The minimum Gasteiger partial charge on any atom is -0.393 e. The summed E-state index contributed by atoms with van der Waals surface area (Å²) in [5, 5.41) is 19.9. The van der Waals surface area contributed by atoms with Crippen LogP contribution in [0.15, 0.2) is 42.9 Å². The first-order valence-corrected chi connectivity index (χ1v) is 12.8. The lowest BCUT2D eigenvalue weighted by molar-refractivity contribution is 0.100. The number of nitrogens with zero attached hydrogens (tertiary/aromatic N) is 3. The Morgan fingerprint density at radius 2 is 2.00 bits per heavy atom. The highest BCUT2D eigenvalue weighted by Crippen LogP contribution is 2.41. The Morgan fingerprint density at radius 1 is 1.18 bits per heavy atom. The van der Waals surface area contributed by atoms with Crippen LogP contribution in [-0.4, -0.2) is 54.5 Å². The van der Waals surface area contributed by atoms with E-state index in [-0.39, 0.29) is 24.6 Å². The summed E-state index contributed by atoms with van der Waals surface area (Å²) in [6.45, 7) is 0.503. The van der Waals surface area contributed by atoms with Crippen LogP contribution in [0.5, 0.6) is 0 Å². The third-order valence-corrected chi connectivity index (χ3v) is 7.46. The third-order valence-electron chi connectivity index (χ3n) is 7.00. The lowest BCUT2D eigenvalue weighted by atomic mass is 10.0. The van der Waals surface area contributed by atoms with Gasteiger partial charge in [-0.3, -0.25) is 4.18 Å². The molecule has 2 aromatic heterocycles. The number of hydrogen-bond donors (Lipinski definition) is 3. The van der Waals surface area contributed by atoms with Crippen molar-refractivity contribution >= 4 is 27.2 Å². The molecule has 2 heterocycles. The molecular formula is C23H29N5O5S. The highest BCUT2D eigenvalue weighted by atomic mass is 32.2. The van der Waals surface area contributed by atoms with Gasteiger partial charge in [0.2, 0.25) is 0 Å². The van der Waals surface area contributed by atoms with E-state index in [2.05, 4.69) is 39.6 Å². The number of rotatable bonds is 8. The van der Waals surface area contributed by atoms with Gasteiger partial charge in [0.15, 0.2) is 0 Å². The fraction of sp³-hybridized carbons (Fsp3) is 0.478. The average molecular weight is 488 g/mol. The van der Waals surface area contributed by atoms with Crippen molar-refractivity contribution in [1.82, 2.24) is 14.5 Å². The smallest absolute Gasteiger partial charge is 0.333 e. The fourth-order valence-electron chi connectivity index (χ4n) is 5.43. The molecule has 4 N–H and O–H groups in total. The maximum atomic E-state index is 11.1. The molecule has 34 heavy (non-hydrogen) atoms. The molecular weight excluding hydrogens is 458 g/mol. The van der Waals surface area contributed by atoms with Gasteiger partial charge in [-0.15, -0.1) is 0 Å². The number of nitrogens with one attached hydrogen (secondary N) is 1. The highest BCUT2D eigenvalue weighted by Gasteiger charge is 2.36. The second-order valence-corrected chi connectivity index (χ2v) is 10.4. The van der Waals surface area contributed by atoms with Crippen molar-refractivity contribution in [1.29, 1.82) is 0 Å². The number of hydrogen-bond acceptors (Lipinski definition) is 8. The zero-order chi connectivity index (χ0) is 23.9. The number of aliphatic hydroxyl groups is 1. The number of fused-ring (bicyclic) bond motifs is 2. The Kier molecular flexibility index (Phi) is 6.30. The van der Waals surface area contributed by atoms with Gasteiger partial charge in [-0.1, -0.05) is 24.3 Å². The van der Waals surface area contributed by atoms with Crippen LogP contribution in [-0.2, 0) is 25.6 Å². The fourth-order valence-corrected chi connectivity index (χ4v) is 5.80. The van der Waals surface area contributed by atoms with Gasteiger partial charge >= 0.3 is 10.3 Å². The van der Waals surface area contributed by atoms with E-state index in [0.29, 0.717) is 25.4 Å². The van der Waals surface area contributed by atoms with E-state index in [1.54, 1.807) is 13.4 Å². The van der Waals surface area contributed by atoms with Crippen LogP contribution in [0.1, 0.15) is 36.1 Å². The van der Waals surface area contributed by atoms with Crippen LogP contribution < -0.4 is 10.5 Å². The quantitative estimate of drug-likeness (QED) is 0.438. The summed E-state index contributed by atoms with van der Waals surface area (Å²) in [6.07, 6.45) is 4.77. The van der Waals surface area contributed by atoms with Gasteiger partial charge in [0.1, 0.15) is 17.8 Å². The largest absolute Gasteiger partial charge is 0.393 e. The second-order valence-electron chi connectivity index (χ2n) is 9.15.